The summed E-state index contributed by atoms with van der Waals surface area (Å²) in [7, 11) is -3.66. The molecule has 26 heavy (non-hydrogen) atoms. The third-order valence-corrected chi connectivity index (χ3v) is 6.33. The number of ether oxygens (including phenoxy) is 1. The topological polar surface area (TPSA) is 96.0 Å². The van der Waals surface area contributed by atoms with Gasteiger partial charge in [0.15, 0.2) is 0 Å². The summed E-state index contributed by atoms with van der Waals surface area (Å²) in [6.45, 7) is 4.24. The Morgan fingerprint density at radius 1 is 1.27 bits per heavy atom. The molecule has 2 aliphatic rings. The molecule has 1 aromatic carbocycles. The smallest absolute Gasteiger partial charge is 0.252 e. The van der Waals surface area contributed by atoms with Crippen LogP contribution in [-0.2, 0) is 19.6 Å². The van der Waals surface area contributed by atoms with Crippen molar-refractivity contribution in [2.45, 2.75) is 6.42 Å². The van der Waals surface area contributed by atoms with E-state index in [1.165, 1.54) is 18.2 Å². The SMILES string of the molecule is O=C(NCCN1CCOCC1)c1ccc(N2C(=O)CCS2(=O)=O)cc1Cl. The van der Waals surface area contributed by atoms with Crippen LogP contribution in [0.15, 0.2) is 18.2 Å². The molecule has 8 nitrogen and oxygen atoms in total. The summed E-state index contributed by atoms with van der Waals surface area (Å²) >= 11 is 6.15. The molecule has 0 aromatic heterocycles. The third kappa shape index (κ3) is 4.17. The Bertz CT molecular complexity index is 808. The Morgan fingerprint density at radius 2 is 2.00 bits per heavy atom. The van der Waals surface area contributed by atoms with Crippen LogP contribution in [0.5, 0.6) is 0 Å². The van der Waals surface area contributed by atoms with Gasteiger partial charge in [0.1, 0.15) is 0 Å². The van der Waals surface area contributed by atoms with Crippen LogP contribution < -0.4 is 9.62 Å². The van der Waals surface area contributed by atoms with Gasteiger partial charge in [0.2, 0.25) is 15.9 Å². The van der Waals surface area contributed by atoms with Crippen molar-refractivity contribution in [1.29, 1.82) is 0 Å². The van der Waals surface area contributed by atoms with Crippen LogP contribution in [0.3, 0.4) is 0 Å². The molecule has 0 bridgehead atoms. The van der Waals surface area contributed by atoms with Crippen molar-refractivity contribution in [3.8, 4) is 0 Å². The number of halogens is 1. The summed E-state index contributed by atoms with van der Waals surface area (Å²) in [4.78, 5) is 26.3. The van der Waals surface area contributed by atoms with Crippen LogP contribution in [0.2, 0.25) is 5.02 Å². The molecule has 2 heterocycles. The number of carbonyl (C=O) groups is 2. The summed E-state index contributed by atoms with van der Waals surface area (Å²) in [6.07, 6.45) is -0.0519. The number of hydrogen-bond acceptors (Lipinski definition) is 6. The molecule has 0 spiro atoms. The van der Waals surface area contributed by atoms with E-state index in [9.17, 15) is 18.0 Å². The number of carbonyl (C=O) groups excluding carboxylic acids is 2. The number of anilines is 1. The molecule has 0 saturated carbocycles. The van der Waals surface area contributed by atoms with Gasteiger partial charge in [-0.1, -0.05) is 11.6 Å². The van der Waals surface area contributed by atoms with E-state index in [1.54, 1.807) is 0 Å². The Kier molecular flexibility index (Phi) is 5.81. The van der Waals surface area contributed by atoms with E-state index >= 15 is 0 Å². The number of sulfonamides is 1. The number of nitrogens with one attached hydrogen (secondary N) is 1. The fraction of sp³-hybridized carbons (Fsp3) is 0.500. The van der Waals surface area contributed by atoms with Gasteiger partial charge in [-0.2, -0.15) is 0 Å². The van der Waals surface area contributed by atoms with Crippen molar-refractivity contribution in [1.82, 2.24) is 10.2 Å². The normalized spacial score (nSPS) is 20.3. The molecule has 0 atom stereocenters. The van der Waals surface area contributed by atoms with Crippen LogP contribution in [0.4, 0.5) is 5.69 Å². The maximum atomic E-state index is 12.3. The highest BCUT2D eigenvalue weighted by molar-refractivity contribution is 7.94. The van der Waals surface area contributed by atoms with Crippen molar-refractivity contribution in [2.24, 2.45) is 0 Å². The lowest BCUT2D eigenvalue weighted by atomic mass is 10.2. The minimum Gasteiger partial charge on any atom is -0.379 e. The summed E-state index contributed by atoms with van der Waals surface area (Å²) in [6, 6.07) is 4.19. The zero-order valence-electron chi connectivity index (χ0n) is 14.1. The highest BCUT2D eigenvalue weighted by atomic mass is 35.5. The molecule has 2 amide bonds. The number of amides is 2. The van der Waals surface area contributed by atoms with Crippen molar-refractivity contribution in [3.05, 3.63) is 28.8 Å². The van der Waals surface area contributed by atoms with Gasteiger partial charge in [-0.25, -0.2) is 12.7 Å². The lowest BCUT2D eigenvalue weighted by Gasteiger charge is -2.26. The Balaban J connectivity index is 1.63. The number of nitrogens with zero attached hydrogens (tertiary/aromatic N) is 2. The molecule has 0 aliphatic carbocycles. The predicted molar refractivity (Wildman–Crippen MR) is 96.9 cm³/mol. The molecular formula is C16H20ClN3O5S. The van der Waals surface area contributed by atoms with E-state index in [0.29, 0.717) is 26.3 Å². The molecule has 0 unspecified atom stereocenters. The average Bonchev–Trinajstić information content (AvgIpc) is 2.88. The highest BCUT2D eigenvalue weighted by Gasteiger charge is 2.36. The second-order valence-corrected chi connectivity index (χ2v) is 8.44. The first-order chi connectivity index (χ1) is 12.4. The highest BCUT2D eigenvalue weighted by Crippen LogP contribution is 2.29. The van der Waals surface area contributed by atoms with Crippen LogP contribution in [0.25, 0.3) is 0 Å². The van der Waals surface area contributed by atoms with Gasteiger partial charge in [0.25, 0.3) is 5.91 Å². The van der Waals surface area contributed by atoms with E-state index in [0.717, 1.165) is 17.4 Å². The van der Waals surface area contributed by atoms with E-state index in [4.69, 9.17) is 16.3 Å². The van der Waals surface area contributed by atoms with Crippen molar-refractivity contribution in [2.75, 3.05) is 49.5 Å². The molecule has 10 heteroatoms. The van der Waals surface area contributed by atoms with Crippen molar-refractivity contribution < 1.29 is 22.7 Å². The summed E-state index contributed by atoms with van der Waals surface area (Å²) in [5.41, 5.74) is 0.392. The third-order valence-electron chi connectivity index (χ3n) is 4.33. The molecular weight excluding hydrogens is 382 g/mol. The molecule has 0 radical (unpaired) electrons. The Morgan fingerprint density at radius 3 is 2.62 bits per heavy atom. The van der Waals surface area contributed by atoms with E-state index in [-0.39, 0.29) is 34.4 Å². The molecule has 2 aliphatic heterocycles. The first-order valence-corrected chi connectivity index (χ1v) is 10.3. The number of morpholine rings is 1. The van der Waals surface area contributed by atoms with Gasteiger partial charge in [0.05, 0.1) is 35.2 Å². The first kappa shape index (κ1) is 19.1. The summed E-state index contributed by atoms with van der Waals surface area (Å²) in [5, 5.41) is 2.89. The fourth-order valence-corrected chi connectivity index (χ4v) is 4.64. The number of benzene rings is 1. The predicted octanol–water partition coefficient (Wildman–Crippen LogP) is 0.469. The molecule has 142 valence electrons. The van der Waals surface area contributed by atoms with Crippen LogP contribution in [0, 0.1) is 0 Å². The van der Waals surface area contributed by atoms with Gasteiger partial charge < -0.3 is 10.1 Å². The molecule has 1 aromatic rings. The van der Waals surface area contributed by atoms with Gasteiger partial charge in [-0.15, -0.1) is 0 Å². The maximum Gasteiger partial charge on any atom is 0.252 e. The van der Waals surface area contributed by atoms with Crippen LogP contribution in [0.1, 0.15) is 16.8 Å². The second-order valence-electron chi connectivity index (χ2n) is 6.10. The monoisotopic (exact) mass is 401 g/mol. The standard InChI is InChI=1S/C16H20ClN3O5S/c17-14-11-12(20-15(21)3-10-26(20,23)24)1-2-13(14)16(22)18-4-5-19-6-8-25-9-7-19/h1-2,11H,3-10H2,(H,18,22). The Hall–Kier alpha value is -1.68. The minimum atomic E-state index is -3.66. The number of rotatable bonds is 5. The summed E-state index contributed by atoms with van der Waals surface area (Å²) < 4.78 is 29.9. The van der Waals surface area contributed by atoms with E-state index in [2.05, 4.69) is 10.2 Å². The second kappa shape index (κ2) is 7.91. The van der Waals surface area contributed by atoms with Gasteiger partial charge in [-0.05, 0) is 18.2 Å². The largest absolute Gasteiger partial charge is 0.379 e. The van der Waals surface area contributed by atoms with E-state index in [1.807, 2.05) is 0 Å². The first-order valence-electron chi connectivity index (χ1n) is 8.32. The molecule has 2 fully saturated rings. The molecule has 3 rings (SSSR count). The van der Waals surface area contributed by atoms with Gasteiger partial charge in [0, 0.05) is 32.6 Å². The van der Waals surface area contributed by atoms with Gasteiger partial charge >= 0.3 is 0 Å². The van der Waals surface area contributed by atoms with Crippen molar-refractivity contribution in [3.63, 3.8) is 0 Å². The van der Waals surface area contributed by atoms with Crippen LogP contribution in [-0.4, -0.2) is 70.3 Å². The maximum absolute atomic E-state index is 12.3. The quantitative estimate of drug-likeness (QED) is 0.770. The van der Waals surface area contributed by atoms with Gasteiger partial charge in [-0.3, -0.25) is 14.5 Å². The minimum absolute atomic E-state index is 0.0519. The average molecular weight is 402 g/mol. The fourth-order valence-electron chi connectivity index (χ4n) is 2.93. The zero-order valence-corrected chi connectivity index (χ0v) is 15.7. The number of hydrogen-bond donors (Lipinski definition) is 1. The zero-order chi connectivity index (χ0) is 18.7. The Labute approximate surface area is 157 Å². The van der Waals surface area contributed by atoms with Crippen LogP contribution >= 0.6 is 11.6 Å². The lowest BCUT2D eigenvalue weighted by molar-refractivity contribution is -0.116. The summed E-state index contributed by atoms with van der Waals surface area (Å²) in [5.74, 6) is -1.05. The van der Waals surface area contributed by atoms with E-state index < -0.39 is 15.9 Å². The van der Waals surface area contributed by atoms with Crippen molar-refractivity contribution >= 4 is 39.1 Å². The molecule has 2 saturated heterocycles. The lowest BCUT2D eigenvalue weighted by Crippen LogP contribution is -2.41. The molecule has 1 N–H and O–H groups in total.